The van der Waals surface area contributed by atoms with Crippen LogP contribution in [0.5, 0.6) is 5.75 Å². The summed E-state index contributed by atoms with van der Waals surface area (Å²) in [4.78, 5) is 0. The fourth-order valence-electron chi connectivity index (χ4n) is 2.78. The molecule has 0 aromatic heterocycles. The minimum absolute atomic E-state index is 0.367. The molecular weight excluding hydrogens is 248 g/mol. The number of hydrogen-bond acceptors (Lipinski definition) is 3. The van der Waals surface area contributed by atoms with Gasteiger partial charge in [-0.3, -0.25) is 0 Å². The summed E-state index contributed by atoms with van der Waals surface area (Å²) in [7, 11) is 0. The third-order valence-electron chi connectivity index (χ3n) is 3.54. The Morgan fingerprint density at radius 2 is 1.95 bits per heavy atom. The van der Waals surface area contributed by atoms with Crippen LogP contribution in [-0.4, -0.2) is 19.7 Å². The zero-order valence-electron chi connectivity index (χ0n) is 13.3. The lowest BCUT2D eigenvalue weighted by molar-refractivity contribution is 0.309. The van der Waals surface area contributed by atoms with Crippen molar-refractivity contribution in [3.05, 3.63) is 18.2 Å². The van der Waals surface area contributed by atoms with Crippen molar-refractivity contribution in [1.29, 1.82) is 0 Å². The van der Waals surface area contributed by atoms with Gasteiger partial charge in [0.25, 0.3) is 0 Å². The van der Waals surface area contributed by atoms with Crippen LogP contribution in [0.3, 0.4) is 0 Å². The van der Waals surface area contributed by atoms with E-state index in [0.717, 1.165) is 43.2 Å². The van der Waals surface area contributed by atoms with Gasteiger partial charge in [-0.25, -0.2) is 0 Å². The minimum atomic E-state index is 0.367. The molecule has 2 N–H and O–H groups in total. The largest absolute Gasteiger partial charge is 0.491 e. The lowest BCUT2D eigenvalue weighted by Crippen LogP contribution is -2.24. The zero-order valence-corrected chi connectivity index (χ0v) is 13.3. The predicted octanol–water partition coefficient (Wildman–Crippen LogP) is 4.37. The van der Waals surface area contributed by atoms with Crippen LogP contribution in [0.1, 0.15) is 40.5 Å². The van der Waals surface area contributed by atoms with Gasteiger partial charge in [0.05, 0.1) is 12.3 Å². The van der Waals surface area contributed by atoms with Gasteiger partial charge in [0.2, 0.25) is 0 Å². The van der Waals surface area contributed by atoms with Crippen molar-refractivity contribution in [2.45, 2.75) is 40.5 Å². The molecule has 1 aromatic carbocycles. The van der Waals surface area contributed by atoms with Crippen LogP contribution in [0.25, 0.3) is 0 Å². The SMILES string of the molecule is CCCOc1cccc2c1NCC(CC(C)(C)C)CN2. The van der Waals surface area contributed by atoms with E-state index in [1.807, 2.05) is 6.07 Å². The van der Waals surface area contributed by atoms with Crippen LogP contribution in [0, 0.1) is 11.3 Å². The fraction of sp³-hybridized carbons (Fsp3) is 0.647. The molecule has 0 spiro atoms. The molecule has 0 fully saturated rings. The third-order valence-corrected chi connectivity index (χ3v) is 3.54. The molecule has 3 nitrogen and oxygen atoms in total. The molecule has 20 heavy (non-hydrogen) atoms. The standard InChI is InChI=1S/C17H28N2O/c1-5-9-20-15-8-6-7-14-16(15)19-12-13(11-18-14)10-17(2,3)4/h6-8,13,18-19H,5,9-12H2,1-4H3. The summed E-state index contributed by atoms with van der Waals surface area (Å²) in [6.45, 7) is 11.8. The Bertz CT molecular complexity index is 437. The second-order valence-electron chi connectivity index (χ2n) is 6.92. The zero-order chi connectivity index (χ0) is 14.6. The minimum Gasteiger partial charge on any atom is -0.491 e. The van der Waals surface area contributed by atoms with Crippen molar-refractivity contribution in [3.8, 4) is 5.75 Å². The number of nitrogens with one attached hydrogen (secondary N) is 2. The van der Waals surface area contributed by atoms with E-state index in [-0.39, 0.29) is 0 Å². The van der Waals surface area contributed by atoms with E-state index >= 15 is 0 Å². The topological polar surface area (TPSA) is 33.3 Å². The number of para-hydroxylation sites is 1. The molecule has 0 radical (unpaired) electrons. The summed E-state index contributed by atoms with van der Waals surface area (Å²) >= 11 is 0. The predicted molar refractivity (Wildman–Crippen MR) is 86.8 cm³/mol. The summed E-state index contributed by atoms with van der Waals surface area (Å²) in [5.41, 5.74) is 2.65. The molecule has 1 unspecified atom stereocenters. The van der Waals surface area contributed by atoms with Crippen LogP contribution in [-0.2, 0) is 0 Å². The molecule has 1 heterocycles. The lowest BCUT2D eigenvalue weighted by Gasteiger charge is -2.25. The number of benzene rings is 1. The van der Waals surface area contributed by atoms with Crippen molar-refractivity contribution in [3.63, 3.8) is 0 Å². The molecule has 1 aliphatic heterocycles. The first-order valence-corrected chi connectivity index (χ1v) is 7.73. The molecule has 0 bridgehead atoms. The second-order valence-corrected chi connectivity index (χ2v) is 6.92. The van der Waals surface area contributed by atoms with Gasteiger partial charge in [0, 0.05) is 13.1 Å². The molecule has 112 valence electrons. The van der Waals surface area contributed by atoms with Crippen LogP contribution >= 0.6 is 0 Å². The molecule has 1 atom stereocenters. The van der Waals surface area contributed by atoms with Crippen molar-refractivity contribution in [1.82, 2.24) is 0 Å². The van der Waals surface area contributed by atoms with E-state index < -0.39 is 0 Å². The number of rotatable bonds is 4. The highest BCUT2D eigenvalue weighted by molar-refractivity contribution is 5.76. The molecule has 0 amide bonds. The fourth-order valence-corrected chi connectivity index (χ4v) is 2.78. The third kappa shape index (κ3) is 4.06. The summed E-state index contributed by atoms with van der Waals surface area (Å²) in [6.07, 6.45) is 2.25. The maximum absolute atomic E-state index is 5.84. The van der Waals surface area contributed by atoms with Crippen LogP contribution < -0.4 is 15.4 Å². The number of fused-ring (bicyclic) bond motifs is 1. The Labute approximate surface area is 123 Å². The summed E-state index contributed by atoms with van der Waals surface area (Å²) in [6, 6.07) is 6.23. The Morgan fingerprint density at radius 1 is 1.20 bits per heavy atom. The molecule has 0 saturated carbocycles. The first kappa shape index (κ1) is 15.0. The summed E-state index contributed by atoms with van der Waals surface area (Å²) in [5, 5.41) is 7.16. The van der Waals surface area contributed by atoms with Gasteiger partial charge in [-0.05, 0) is 36.3 Å². The molecule has 0 aliphatic carbocycles. The Hall–Kier alpha value is -1.38. The monoisotopic (exact) mass is 276 g/mol. The van der Waals surface area contributed by atoms with E-state index in [1.165, 1.54) is 6.42 Å². The quantitative estimate of drug-likeness (QED) is 0.857. The molecule has 1 aromatic rings. The average molecular weight is 276 g/mol. The van der Waals surface area contributed by atoms with E-state index in [2.05, 4.69) is 50.5 Å². The Balaban J connectivity index is 2.08. The number of hydrogen-bond donors (Lipinski definition) is 2. The van der Waals surface area contributed by atoms with Gasteiger partial charge in [-0.2, -0.15) is 0 Å². The molecule has 2 rings (SSSR count). The molecule has 3 heteroatoms. The normalized spacial score (nSPS) is 18.5. The molecular formula is C17H28N2O. The average Bonchev–Trinajstić information content (AvgIpc) is 2.58. The van der Waals surface area contributed by atoms with Crippen molar-refractivity contribution in [2.24, 2.45) is 11.3 Å². The number of anilines is 2. The van der Waals surface area contributed by atoms with Crippen molar-refractivity contribution < 1.29 is 4.74 Å². The van der Waals surface area contributed by atoms with Gasteiger partial charge in [-0.15, -0.1) is 0 Å². The van der Waals surface area contributed by atoms with E-state index in [1.54, 1.807) is 0 Å². The highest BCUT2D eigenvalue weighted by Crippen LogP contribution is 2.36. The second kappa shape index (κ2) is 6.38. The van der Waals surface area contributed by atoms with E-state index in [0.29, 0.717) is 11.3 Å². The van der Waals surface area contributed by atoms with Crippen LogP contribution in [0.2, 0.25) is 0 Å². The summed E-state index contributed by atoms with van der Waals surface area (Å²) in [5.74, 6) is 1.61. The molecule has 0 saturated heterocycles. The van der Waals surface area contributed by atoms with Gasteiger partial charge in [0.1, 0.15) is 11.4 Å². The highest BCUT2D eigenvalue weighted by atomic mass is 16.5. The smallest absolute Gasteiger partial charge is 0.144 e. The lowest BCUT2D eigenvalue weighted by atomic mass is 9.84. The number of ether oxygens (including phenoxy) is 1. The Kier molecular flexibility index (Phi) is 4.79. The first-order chi connectivity index (χ1) is 9.49. The maximum atomic E-state index is 5.84. The Morgan fingerprint density at radius 3 is 2.65 bits per heavy atom. The maximum Gasteiger partial charge on any atom is 0.144 e. The van der Waals surface area contributed by atoms with Gasteiger partial charge < -0.3 is 15.4 Å². The first-order valence-electron chi connectivity index (χ1n) is 7.73. The van der Waals surface area contributed by atoms with Crippen molar-refractivity contribution in [2.75, 3.05) is 30.3 Å². The van der Waals surface area contributed by atoms with Gasteiger partial charge >= 0.3 is 0 Å². The van der Waals surface area contributed by atoms with Gasteiger partial charge in [0.15, 0.2) is 0 Å². The van der Waals surface area contributed by atoms with Gasteiger partial charge in [-0.1, -0.05) is 33.8 Å². The van der Waals surface area contributed by atoms with Crippen LogP contribution in [0.15, 0.2) is 18.2 Å². The highest BCUT2D eigenvalue weighted by Gasteiger charge is 2.22. The van der Waals surface area contributed by atoms with E-state index in [4.69, 9.17) is 4.74 Å². The van der Waals surface area contributed by atoms with E-state index in [9.17, 15) is 0 Å². The van der Waals surface area contributed by atoms with Crippen LogP contribution in [0.4, 0.5) is 11.4 Å². The summed E-state index contributed by atoms with van der Waals surface area (Å²) < 4.78 is 5.84. The van der Waals surface area contributed by atoms with Crippen molar-refractivity contribution >= 4 is 11.4 Å². The molecule has 1 aliphatic rings.